The molecule has 2 aliphatic rings. The Morgan fingerprint density at radius 2 is 1.62 bits per heavy atom. The fourth-order valence-electron chi connectivity index (χ4n) is 4.38. The third-order valence-electron chi connectivity index (χ3n) is 5.93. The maximum absolute atomic E-state index is 12.7. The highest BCUT2D eigenvalue weighted by Gasteiger charge is 2.44. The average molecular weight is 369 g/mol. The molecule has 2 aromatic carbocycles. The van der Waals surface area contributed by atoms with E-state index in [-0.39, 0.29) is 23.3 Å². The highest BCUT2D eigenvalue weighted by Crippen LogP contribution is 2.42. The smallest absolute Gasteiger partial charge is 0.261 e. The van der Waals surface area contributed by atoms with Crippen LogP contribution < -0.4 is 5.73 Å². The Kier molecular flexibility index (Phi) is 4.33. The van der Waals surface area contributed by atoms with Gasteiger partial charge in [-0.2, -0.15) is 0 Å². The van der Waals surface area contributed by atoms with Gasteiger partial charge < -0.3 is 5.73 Å². The van der Waals surface area contributed by atoms with E-state index in [1.807, 2.05) is 18.2 Å². The molecule has 134 valence electrons. The van der Waals surface area contributed by atoms with Gasteiger partial charge in [-0.3, -0.25) is 14.5 Å². The lowest BCUT2D eigenvalue weighted by Crippen LogP contribution is -2.47. The van der Waals surface area contributed by atoms with Crippen molar-refractivity contribution in [2.45, 2.75) is 37.1 Å². The summed E-state index contributed by atoms with van der Waals surface area (Å²) in [6.07, 6.45) is 3.19. The fraction of sp³-hybridized carbons (Fsp3) is 0.333. The Hall–Kier alpha value is -2.17. The van der Waals surface area contributed by atoms with E-state index in [9.17, 15) is 9.59 Å². The number of benzene rings is 2. The molecule has 0 saturated heterocycles. The first kappa shape index (κ1) is 17.3. The molecule has 5 heteroatoms. The van der Waals surface area contributed by atoms with Crippen LogP contribution in [0, 0.1) is 0 Å². The maximum Gasteiger partial charge on any atom is 0.261 e. The van der Waals surface area contributed by atoms with Gasteiger partial charge in [-0.1, -0.05) is 35.9 Å². The van der Waals surface area contributed by atoms with E-state index in [2.05, 4.69) is 6.07 Å². The van der Waals surface area contributed by atoms with Crippen molar-refractivity contribution in [3.63, 3.8) is 0 Å². The number of carbonyl (C=O) groups is 2. The number of hydrogen-bond donors (Lipinski definition) is 1. The first-order valence-electron chi connectivity index (χ1n) is 8.99. The number of nitrogens with zero attached hydrogens (tertiary/aromatic N) is 1. The van der Waals surface area contributed by atoms with Crippen LogP contribution in [0.3, 0.4) is 0 Å². The third kappa shape index (κ3) is 2.65. The van der Waals surface area contributed by atoms with E-state index in [1.165, 1.54) is 4.90 Å². The Balaban J connectivity index is 1.55. The summed E-state index contributed by atoms with van der Waals surface area (Å²) in [7, 11) is 0. The van der Waals surface area contributed by atoms with Crippen LogP contribution in [0.15, 0.2) is 48.5 Å². The number of nitrogens with two attached hydrogens (primary N) is 1. The van der Waals surface area contributed by atoms with Crippen LogP contribution >= 0.6 is 11.6 Å². The van der Waals surface area contributed by atoms with Crippen LogP contribution in [0.25, 0.3) is 0 Å². The molecule has 1 saturated carbocycles. The van der Waals surface area contributed by atoms with Crippen molar-refractivity contribution in [1.82, 2.24) is 4.90 Å². The van der Waals surface area contributed by atoms with Crippen molar-refractivity contribution in [1.29, 1.82) is 0 Å². The molecule has 0 aromatic heterocycles. The van der Waals surface area contributed by atoms with Crippen LogP contribution in [-0.4, -0.2) is 29.3 Å². The van der Waals surface area contributed by atoms with E-state index in [0.717, 1.165) is 31.2 Å². The van der Waals surface area contributed by atoms with E-state index in [0.29, 0.717) is 22.7 Å². The summed E-state index contributed by atoms with van der Waals surface area (Å²) < 4.78 is 0. The Morgan fingerprint density at radius 1 is 1.00 bits per heavy atom. The molecule has 0 atom stereocenters. The van der Waals surface area contributed by atoms with Crippen molar-refractivity contribution < 1.29 is 9.59 Å². The Labute approximate surface area is 157 Å². The summed E-state index contributed by atoms with van der Waals surface area (Å²) in [4.78, 5) is 26.9. The summed E-state index contributed by atoms with van der Waals surface area (Å²) in [5.41, 5.74) is 8.19. The van der Waals surface area contributed by atoms with Crippen LogP contribution in [0.2, 0.25) is 5.02 Å². The van der Waals surface area contributed by atoms with Gasteiger partial charge in [0.25, 0.3) is 11.8 Å². The van der Waals surface area contributed by atoms with Crippen molar-refractivity contribution in [3.8, 4) is 0 Å². The van der Waals surface area contributed by atoms with Gasteiger partial charge in [-0.05, 0) is 55.5 Å². The molecule has 1 aliphatic carbocycles. The van der Waals surface area contributed by atoms with Crippen molar-refractivity contribution >= 4 is 23.4 Å². The maximum atomic E-state index is 12.7. The zero-order valence-corrected chi connectivity index (χ0v) is 15.2. The van der Waals surface area contributed by atoms with Crippen LogP contribution in [0.1, 0.15) is 52.0 Å². The minimum absolute atomic E-state index is 0.0683. The number of amides is 2. The van der Waals surface area contributed by atoms with Gasteiger partial charge in [0.05, 0.1) is 11.1 Å². The summed E-state index contributed by atoms with van der Waals surface area (Å²) in [5, 5.41) is 0.706. The number of fused-ring (bicyclic) bond motifs is 1. The first-order chi connectivity index (χ1) is 12.6. The molecule has 1 fully saturated rings. The second-order valence-electron chi connectivity index (χ2n) is 7.25. The highest BCUT2D eigenvalue weighted by atomic mass is 35.5. The van der Waals surface area contributed by atoms with E-state index >= 15 is 0 Å². The zero-order valence-electron chi connectivity index (χ0n) is 14.5. The normalized spacial score (nSPS) is 25.5. The molecule has 1 heterocycles. The second kappa shape index (κ2) is 6.53. The monoisotopic (exact) mass is 368 g/mol. The van der Waals surface area contributed by atoms with Gasteiger partial charge >= 0.3 is 0 Å². The molecule has 1 aliphatic heterocycles. The molecule has 2 amide bonds. The molecule has 0 unspecified atom stereocenters. The zero-order chi connectivity index (χ0) is 18.3. The molecule has 0 radical (unpaired) electrons. The average Bonchev–Trinajstić information content (AvgIpc) is 2.93. The van der Waals surface area contributed by atoms with Crippen LogP contribution in [0.4, 0.5) is 0 Å². The number of carbonyl (C=O) groups excluding carboxylic acids is 2. The molecule has 4 nitrogen and oxygen atoms in total. The minimum Gasteiger partial charge on any atom is -0.330 e. The lowest BCUT2D eigenvalue weighted by molar-refractivity contribution is 0.0518. The first-order valence-corrected chi connectivity index (χ1v) is 9.36. The SMILES string of the molecule is NCC1(c2cccc(Cl)c2)CCC(N2C(=O)c3ccccc3C2=O)CC1. The van der Waals surface area contributed by atoms with Crippen molar-refractivity contribution in [2.75, 3.05) is 6.54 Å². The van der Waals surface area contributed by atoms with Gasteiger partial charge in [0.15, 0.2) is 0 Å². The Bertz CT molecular complexity index is 837. The number of rotatable bonds is 3. The number of halogens is 1. The van der Waals surface area contributed by atoms with Crippen molar-refractivity contribution in [3.05, 3.63) is 70.2 Å². The fourth-order valence-corrected chi connectivity index (χ4v) is 4.57. The molecule has 2 N–H and O–H groups in total. The third-order valence-corrected chi connectivity index (χ3v) is 6.17. The highest BCUT2D eigenvalue weighted by molar-refractivity contribution is 6.30. The van der Waals surface area contributed by atoms with Gasteiger partial charge in [0.1, 0.15) is 0 Å². The standard InChI is InChI=1S/C21H21ClN2O2/c22-15-5-3-4-14(12-15)21(13-23)10-8-16(9-11-21)24-19(25)17-6-1-2-7-18(17)20(24)26/h1-7,12,16H,8-11,13,23H2. The number of imide groups is 1. The summed E-state index contributed by atoms with van der Waals surface area (Å²) in [5.74, 6) is -0.336. The molecule has 0 bridgehead atoms. The minimum atomic E-state index is -0.168. The van der Waals surface area contributed by atoms with Gasteiger partial charge in [0, 0.05) is 23.0 Å². The van der Waals surface area contributed by atoms with E-state index in [1.54, 1.807) is 24.3 Å². The molecule has 26 heavy (non-hydrogen) atoms. The lowest BCUT2D eigenvalue weighted by Gasteiger charge is -2.42. The summed E-state index contributed by atoms with van der Waals surface area (Å²) in [6.45, 7) is 0.530. The molecule has 4 rings (SSSR count). The molecular weight excluding hydrogens is 348 g/mol. The van der Waals surface area contributed by atoms with Crippen LogP contribution in [-0.2, 0) is 5.41 Å². The predicted octanol–water partition coefficient (Wildman–Crippen LogP) is 3.78. The van der Waals surface area contributed by atoms with Gasteiger partial charge in [-0.25, -0.2) is 0 Å². The molecule has 0 spiro atoms. The molecule has 2 aromatic rings. The summed E-state index contributed by atoms with van der Waals surface area (Å²) >= 11 is 6.17. The topological polar surface area (TPSA) is 63.4 Å². The van der Waals surface area contributed by atoms with Crippen molar-refractivity contribution in [2.24, 2.45) is 5.73 Å². The largest absolute Gasteiger partial charge is 0.330 e. The van der Waals surface area contributed by atoms with Gasteiger partial charge in [0.2, 0.25) is 0 Å². The van der Waals surface area contributed by atoms with Gasteiger partial charge in [-0.15, -0.1) is 0 Å². The van der Waals surface area contributed by atoms with E-state index < -0.39 is 0 Å². The molecular formula is C21H21ClN2O2. The predicted molar refractivity (Wildman–Crippen MR) is 101 cm³/mol. The lowest BCUT2D eigenvalue weighted by atomic mass is 9.68. The number of hydrogen-bond acceptors (Lipinski definition) is 3. The van der Waals surface area contributed by atoms with Crippen LogP contribution in [0.5, 0.6) is 0 Å². The quantitative estimate of drug-likeness (QED) is 0.838. The Morgan fingerprint density at radius 3 is 2.15 bits per heavy atom. The van der Waals surface area contributed by atoms with E-state index in [4.69, 9.17) is 17.3 Å². The second-order valence-corrected chi connectivity index (χ2v) is 7.69. The summed E-state index contributed by atoms with van der Waals surface area (Å²) in [6, 6.07) is 14.9.